The molecule has 0 saturated carbocycles. The van der Waals surface area contributed by atoms with Crippen LogP contribution >= 0.6 is 0 Å². The summed E-state index contributed by atoms with van der Waals surface area (Å²) in [5.74, 6) is -0.222. The number of carbonyl (C=O) groups is 1. The van der Waals surface area contributed by atoms with E-state index in [0.717, 1.165) is 0 Å². The Morgan fingerprint density at radius 2 is 1.62 bits per heavy atom. The van der Waals surface area contributed by atoms with Crippen molar-refractivity contribution >= 4 is 5.97 Å². The molecule has 16 heavy (non-hydrogen) atoms. The third-order valence-corrected chi connectivity index (χ3v) is 1.88. The minimum Gasteiger partial charge on any atom is -0.508 e. The van der Waals surface area contributed by atoms with Crippen molar-refractivity contribution in [2.45, 2.75) is 33.6 Å². The van der Waals surface area contributed by atoms with Crippen LogP contribution < -0.4 is 0 Å². The monoisotopic (exact) mass is 224 g/mol. The predicted molar refractivity (Wildman–Crippen MR) is 64.6 cm³/mol. The molecule has 0 aliphatic carbocycles. The van der Waals surface area contributed by atoms with Crippen LogP contribution in [0, 0.1) is 0 Å². The lowest BCUT2D eigenvalue weighted by Gasteiger charge is -2.00. The van der Waals surface area contributed by atoms with E-state index >= 15 is 0 Å². The summed E-state index contributed by atoms with van der Waals surface area (Å²) >= 11 is 0. The first-order valence-corrected chi connectivity index (χ1v) is 5.61. The smallest absolute Gasteiger partial charge is 0.338 e. The molecule has 0 heterocycles. The van der Waals surface area contributed by atoms with E-state index in [9.17, 15) is 4.79 Å². The van der Waals surface area contributed by atoms with E-state index in [1.807, 2.05) is 0 Å². The average molecular weight is 224 g/mol. The van der Waals surface area contributed by atoms with Gasteiger partial charge in [-0.3, -0.25) is 0 Å². The Hall–Kier alpha value is -1.51. The minimum atomic E-state index is -0.363. The molecule has 0 radical (unpaired) electrons. The molecule has 0 aromatic heterocycles. The van der Waals surface area contributed by atoms with Gasteiger partial charge in [0.05, 0.1) is 12.2 Å². The van der Waals surface area contributed by atoms with Crippen LogP contribution in [0.1, 0.15) is 44.0 Å². The van der Waals surface area contributed by atoms with Gasteiger partial charge in [0, 0.05) is 0 Å². The lowest BCUT2D eigenvalue weighted by molar-refractivity contribution is 0.0526. The lowest BCUT2D eigenvalue weighted by atomic mass is 10.2. The molecule has 0 saturated heterocycles. The largest absolute Gasteiger partial charge is 0.508 e. The number of phenols is 1. The van der Waals surface area contributed by atoms with Crippen LogP contribution in [-0.4, -0.2) is 17.7 Å². The zero-order valence-corrected chi connectivity index (χ0v) is 10.2. The van der Waals surface area contributed by atoms with Crippen LogP contribution in [0.15, 0.2) is 24.3 Å². The first-order valence-electron chi connectivity index (χ1n) is 5.61. The van der Waals surface area contributed by atoms with Gasteiger partial charge < -0.3 is 9.84 Å². The van der Waals surface area contributed by atoms with Crippen LogP contribution in [0.4, 0.5) is 0 Å². The van der Waals surface area contributed by atoms with Crippen molar-refractivity contribution in [1.82, 2.24) is 0 Å². The van der Waals surface area contributed by atoms with Crippen molar-refractivity contribution in [3.8, 4) is 5.75 Å². The standard InChI is InChI=1S/C9H10O3.C4H10/c1-2-12-9(11)7-3-5-8(10)6-4-7;1-3-4-2/h3-6,10H,2H2,1H3;3-4H2,1-2H3. The molecule has 0 bridgehead atoms. The number of esters is 1. The summed E-state index contributed by atoms with van der Waals surface area (Å²) in [7, 11) is 0. The van der Waals surface area contributed by atoms with Gasteiger partial charge in [0.15, 0.2) is 0 Å². The number of aromatic hydroxyl groups is 1. The molecule has 1 N–H and O–H groups in total. The van der Waals surface area contributed by atoms with Gasteiger partial charge >= 0.3 is 5.97 Å². The highest BCUT2D eigenvalue weighted by Crippen LogP contribution is 2.10. The van der Waals surface area contributed by atoms with Crippen LogP contribution in [0.3, 0.4) is 0 Å². The molecule has 1 aromatic rings. The summed E-state index contributed by atoms with van der Waals surface area (Å²) in [6.45, 7) is 6.47. The second kappa shape index (κ2) is 8.77. The van der Waals surface area contributed by atoms with E-state index in [1.54, 1.807) is 6.92 Å². The van der Waals surface area contributed by atoms with Crippen molar-refractivity contribution < 1.29 is 14.6 Å². The zero-order valence-electron chi connectivity index (χ0n) is 10.2. The summed E-state index contributed by atoms with van der Waals surface area (Å²) in [5, 5.41) is 8.92. The van der Waals surface area contributed by atoms with Crippen molar-refractivity contribution in [1.29, 1.82) is 0 Å². The third kappa shape index (κ3) is 6.06. The first-order chi connectivity index (χ1) is 7.65. The maximum Gasteiger partial charge on any atom is 0.338 e. The molecule has 0 unspecified atom stereocenters. The number of ether oxygens (including phenoxy) is 1. The van der Waals surface area contributed by atoms with Gasteiger partial charge in [-0.2, -0.15) is 0 Å². The Morgan fingerprint density at radius 1 is 1.12 bits per heavy atom. The quantitative estimate of drug-likeness (QED) is 0.801. The normalized spacial score (nSPS) is 8.94. The number of hydrogen-bond donors (Lipinski definition) is 1. The van der Waals surface area contributed by atoms with Crippen LogP contribution in [0.25, 0.3) is 0 Å². The highest BCUT2D eigenvalue weighted by atomic mass is 16.5. The van der Waals surface area contributed by atoms with Crippen molar-refractivity contribution in [2.75, 3.05) is 6.61 Å². The molecule has 0 aliphatic rings. The Labute approximate surface area is 97.1 Å². The van der Waals surface area contributed by atoms with E-state index in [1.165, 1.54) is 37.1 Å². The SMILES string of the molecule is CCCC.CCOC(=O)c1ccc(O)cc1. The van der Waals surface area contributed by atoms with Gasteiger partial charge in [0.25, 0.3) is 0 Å². The minimum absolute atomic E-state index is 0.142. The van der Waals surface area contributed by atoms with E-state index in [-0.39, 0.29) is 11.7 Å². The van der Waals surface area contributed by atoms with Gasteiger partial charge in [0.1, 0.15) is 5.75 Å². The van der Waals surface area contributed by atoms with Gasteiger partial charge in [0.2, 0.25) is 0 Å². The van der Waals surface area contributed by atoms with Crippen LogP contribution in [0.2, 0.25) is 0 Å². The van der Waals surface area contributed by atoms with Gasteiger partial charge in [-0.1, -0.05) is 26.7 Å². The molecule has 0 atom stereocenters. The second-order valence-electron chi connectivity index (χ2n) is 3.27. The topological polar surface area (TPSA) is 46.5 Å². The molecular formula is C13H20O3. The number of phenolic OH excluding ortho intramolecular Hbond substituents is 1. The van der Waals surface area contributed by atoms with E-state index in [4.69, 9.17) is 9.84 Å². The number of benzene rings is 1. The second-order valence-corrected chi connectivity index (χ2v) is 3.27. The van der Waals surface area contributed by atoms with E-state index < -0.39 is 0 Å². The Morgan fingerprint density at radius 3 is 2.00 bits per heavy atom. The molecule has 0 spiro atoms. The van der Waals surface area contributed by atoms with E-state index in [2.05, 4.69) is 13.8 Å². The lowest BCUT2D eigenvalue weighted by Crippen LogP contribution is -2.03. The molecule has 1 aromatic carbocycles. The molecular weight excluding hydrogens is 204 g/mol. The van der Waals surface area contributed by atoms with Gasteiger partial charge in [-0.25, -0.2) is 4.79 Å². The first kappa shape index (κ1) is 14.5. The summed E-state index contributed by atoms with van der Waals surface area (Å²) in [6, 6.07) is 5.94. The third-order valence-electron chi connectivity index (χ3n) is 1.88. The van der Waals surface area contributed by atoms with E-state index in [0.29, 0.717) is 12.2 Å². The van der Waals surface area contributed by atoms with Gasteiger partial charge in [-0.15, -0.1) is 0 Å². The molecule has 0 fully saturated rings. The predicted octanol–water partition coefficient (Wildman–Crippen LogP) is 3.38. The number of hydrogen-bond acceptors (Lipinski definition) is 3. The van der Waals surface area contributed by atoms with Crippen LogP contribution in [0.5, 0.6) is 5.75 Å². The van der Waals surface area contributed by atoms with Crippen molar-refractivity contribution in [3.63, 3.8) is 0 Å². The molecule has 1 rings (SSSR count). The summed E-state index contributed by atoms with van der Waals surface area (Å²) in [4.78, 5) is 11.1. The molecule has 3 heteroatoms. The van der Waals surface area contributed by atoms with Crippen LogP contribution in [-0.2, 0) is 4.74 Å². The fourth-order valence-corrected chi connectivity index (χ4v) is 0.812. The number of unbranched alkanes of at least 4 members (excludes halogenated alkanes) is 1. The van der Waals surface area contributed by atoms with Gasteiger partial charge in [-0.05, 0) is 31.2 Å². The zero-order chi connectivity index (χ0) is 12.4. The molecule has 0 aliphatic heterocycles. The fourth-order valence-electron chi connectivity index (χ4n) is 0.812. The van der Waals surface area contributed by atoms with Crippen molar-refractivity contribution in [2.24, 2.45) is 0 Å². The summed E-state index contributed by atoms with van der Waals surface area (Å²) in [5.41, 5.74) is 0.453. The maximum atomic E-state index is 11.1. The Bertz CT molecular complexity index is 289. The highest BCUT2D eigenvalue weighted by Gasteiger charge is 2.04. The Balaban J connectivity index is 0.000000487. The summed E-state index contributed by atoms with van der Waals surface area (Å²) < 4.78 is 4.75. The number of carbonyl (C=O) groups excluding carboxylic acids is 1. The van der Waals surface area contributed by atoms with Crippen molar-refractivity contribution in [3.05, 3.63) is 29.8 Å². The average Bonchev–Trinajstić information content (AvgIpc) is 2.30. The fraction of sp³-hybridized carbons (Fsp3) is 0.462. The molecule has 0 amide bonds. The molecule has 3 nitrogen and oxygen atoms in total. The molecule has 90 valence electrons. The highest BCUT2D eigenvalue weighted by molar-refractivity contribution is 5.89. The summed E-state index contributed by atoms with van der Waals surface area (Å²) in [6.07, 6.45) is 2.64. The maximum absolute atomic E-state index is 11.1. The Kier molecular flexibility index (Phi) is 7.94. The number of rotatable bonds is 3.